The van der Waals surface area contributed by atoms with E-state index in [1.807, 2.05) is 0 Å². The van der Waals surface area contributed by atoms with E-state index in [1.54, 1.807) is 0 Å². The van der Waals surface area contributed by atoms with Crippen LogP contribution >= 0.6 is 0 Å². The van der Waals surface area contributed by atoms with Crippen LogP contribution in [-0.4, -0.2) is 47.1 Å². The van der Waals surface area contributed by atoms with Gasteiger partial charge < -0.3 is 9.84 Å². The Hall–Kier alpha value is -0.920. The third-order valence-electron chi connectivity index (χ3n) is 8.26. The monoisotopic (exact) mass is 508 g/mol. The second-order valence-corrected chi connectivity index (χ2v) is 9.77. The Morgan fingerprint density at radius 1 is 0.606 bits per heavy atom. The molecule has 0 spiro atoms. The third-order valence-corrected chi connectivity index (χ3v) is 8.26. The van der Waals surface area contributed by atoms with Crippen molar-refractivity contribution in [1.29, 1.82) is 0 Å². The third kappa shape index (κ3) is 3.39. The number of halogens is 12. The van der Waals surface area contributed by atoms with Gasteiger partial charge in [0.15, 0.2) is 0 Å². The summed E-state index contributed by atoms with van der Waals surface area (Å²) in [5.41, 5.74) is -10.4. The van der Waals surface area contributed by atoms with Gasteiger partial charge >= 0.3 is 24.7 Å². The molecule has 14 heteroatoms. The molecule has 5 fully saturated rings. The Kier molecular flexibility index (Phi) is 5.39. The first-order valence-electron chi connectivity index (χ1n) is 10.4. The van der Waals surface area contributed by atoms with Crippen molar-refractivity contribution >= 4 is 0 Å². The van der Waals surface area contributed by atoms with Crippen LogP contribution in [0.1, 0.15) is 38.5 Å². The first-order chi connectivity index (χ1) is 14.8. The average Bonchev–Trinajstić information content (AvgIpc) is 2.97. The number of ether oxygens (including phenoxy) is 1. The van der Waals surface area contributed by atoms with E-state index >= 15 is 0 Å². The highest BCUT2D eigenvalue weighted by atomic mass is 19.4. The Morgan fingerprint density at radius 2 is 1.06 bits per heavy atom. The number of rotatable bonds is 4. The highest BCUT2D eigenvalue weighted by Gasteiger charge is 2.81. The van der Waals surface area contributed by atoms with Crippen LogP contribution < -0.4 is 0 Å². The van der Waals surface area contributed by atoms with Gasteiger partial charge in [-0.3, -0.25) is 0 Å². The summed E-state index contributed by atoms with van der Waals surface area (Å²) in [6.45, 7) is 0. The molecular weight excluding hydrogens is 488 g/mol. The normalized spacial score (nSPS) is 37.5. The Balaban J connectivity index is 1.73. The average molecular weight is 508 g/mol. The molecule has 0 aromatic heterocycles. The summed E-state index contributed by atoms with van der Waals surface area (Å²) in [5.74, 6) is -6.91. The van der Waals surface area contributed by atoms with Gasteiger partial charge in [-0.15, -0.1) is 0 Å². The van der Waals surface area contributed by atoms with Crippen LogP contribution in [0, 0.1) is 35.5 Å². The van der Waals surface area contributed by atoms with Gasteiger partial charge in [-0.2, -0.15) is 52.7 Å². The van der Waals surface area contributed by atoms with Crippen molar-refractivity contribution in [2.75, 3.05) is 0 Å². The Bertz CT molecular complexity index is 725. The molecule has 0 saturated heterocycles. The van der Waals surface area contributed by atoms with Gasteiger partial charge in [-0.05, 0) is 55.8 Å². The SMILES string of the molecule is OC(C1CCCC(C(OC2C3CC4C2[C@H]4C3)(C(F)(F)F)C(F)(F)F)C1)(C(F)(F)F)C(F)(F)F. The molecule has 1 N–H and O–H groups in total. The van der Waals surface area contributed by atoms with Crippen molar-refractivity contribution in [3.8, 4) is 0 Å². The van der Waals surface area contributed by atoms with E-state index in [9.17, 15) is 57.8 Å². The number of alkyl halides is 12. The van der Waals surface area contributed by atoms with Crippen molar-refractivity contribution in [2.24, 2.45) is 35.5 Å². The molecule has 0 amide bonds. The molecule has 33 heavy (non-hydrogen) atoms. The molecule has 2 nitrogen and oxygen atoms in total. The molecule has 0 radical (unpaired) electrons. The van der Waals surface area contributed by atoms with Gasteiger partial charge in [0.25, 0.3) is 11.2 Å². The quantitative estimate of drug-likeness (QED) is 0.460. The Morgan fingerprint density at radius 3 is 1.42 bits per heavy atom. The maximum absolute atomic E-state index is 14.1. The van der Waals surface area contributed by atoms with Crippen molar-refractivity contribution in [1.82, 2.24) is 0 Å². The molecule has 0 aromatic rings. The zero-order valence-electron chi connectivity index (χ0n) is 16.7. The minimum Gasteiger partial charge on any atom is -0.373 e. The fraction of sp³-hybridized carbons (Fsp3) is 1.00. The minimum absolute atomic E-state index is 0.0566. The van der Waals surface area contributed by atoms with Gasteiger partial charge in [0, 0.05) is 11.8 Å². The molecule has 6 unspecified atom stereocenters. The lowest BCUT2D eigenvalue weighted by Crippen LogP contribution is -2.68. The summed E-state index contributed by atoms with van der Waals surface area (Å²) < 4.78 is 169. The topological polar surface area (TPSA) is 29.5 Å². The standard InChI is InChI=1S/C19H20F12O2/c20-16(21,22)14(32,17(23,24)25)8-2-1-3-9(6-8)15(18(26,27)28,19(29,30)31)33-13-7-4-10-11(5-7)12(10)13/h7-13,32H,1-6H2/t7?,8?,9?,10-,11?,12?,13?/m0/s1. The van der Waals surface area contributed by atoms with E-state index in [0.29, 0.717) is 12.8 Å². The largest absolute Gasteiger partial charge is 0.426 e. The van der Waals surface area contributed by atoms with E-state index in [1.165, 1.54) is 0 Å². The van der Waals surface area contributed by atoms with E-state index < -0.39 is 91.4 Å². The van der Waals surface area contributed by atoms with E-state index in [2.05, 4.69) is 0 Å². The predicted octanol–water partition coefficient (Wildman–Crippen LogP) is 6.18. The smallest absolute Gasteiger partial charge is 0.373 e. The molecule has 5 aliphatic carbocycles. The molecule has 7 atom stereocenters. The summed E-state index contributed by atoms with van der Waals surface area (Å²) in [4.78, 5) is 0. The second-order valence-electron chi connectivity index (χ2n) is 9.77. The summed E-state index contributed by atoms with van der Waals surface area (Å²) in [6, 6.07) is 0. The number of hydrogen-bond acceptors (Lipinski definition) is 2. The molecule has 0 aromatic carbocycles. The molecule has 4 bridgehead atoms. The van der Waals surface area contributed by atoms with Crippen LogP contribution in [0.2, 0.25) is 0 Å². The minimum atomic E-state index is -6.36. The maximum Gasteiger partial charge on any atom is 0.426 e. The lowest BCUT2D eigenvalue weighted by Gasteiger charge is -2.49. The van der Waals surface area contributed by atoms with Gasteiger partial charge in [0.05, 0.1) is 6.10 Å². The van der Waals surface area contributed by atoms with Crippen molar-refractivity contribution in [2.45, 2.75) is 80.5 Å². The van der Waals surface area contributed by atoms with Crippen LogP contribution in [0.15, 0.2) is 0 Å². The fourth-order valence-electron chi connectivity index (χ4n) is 6.81. The first-order valence-corrected chi connectivity index (χ1v) is 10.4. The predicted molar refractivity (Wildman–Crippen MR) is 85.4 cm³/mol. The van der Waals surface area contributed by atoms with Gasteiger partial charge in [-0.1, -0.05) is 6.42 Å². The molecular formula is C19H20F12O2. The molecule has 5 rings (SSSR count). The molecule has 0 heterocycles. The second kappa shape index (κ2) is 7.07. The number of hydrogen-bond donors (Lipinski definition) is 1. The maximum atomic E-state index is 14.1. The van der Waals surface area contributed by atoms with Gasteiger partial charge in [-0.25, -0.2) is 0 Å². The van der Waals surface area contributed by atoms with Crippen molar-refractivity contribution in [3.05, 3.63) is 0 Å². The zero-order chi connectivity index (χ0) is 25.0. The molecule has 192 valence electrons. The Labute approximate surface area is 179 Å². The summed E-state index contributed by atoms with van der Waals surface area (Å²) in [6.07, 6.45) is -30.2. The summed E-state index contributed by atoms with van der Waals surface area (Å²) in [5, 5.41) is 9.63. The lowest BCUT2D eigenvalue weighted by molar-refractivity contribution is -0.418. The zero-order valence-corrected chi connectivity index (χ0v) is 16.7. The number of aliphatic hydroxyl groups is 1. The van der Waals surface area contributed by atoms with Gasteiger partial charge in [0.1, 0.15) is 0 Å². The molecule has 0 aliphatic heterocycles. The van der Waals surface area contributed by atoms with E-state index in [0.717, 1.165) is 0 Å². The van der Waals surface area contributed by atoms with Crippen LogP contribution in [0.3, 0.4) is 0 Å². The molecule has 5 aliphatic rings. The molecule has 5 saturated carbocycles. The first kappa shape index (κ1) is 25.2. The fourth-order valence-corrected chi connectivity index (χ4v) is 6.81. The van der Waals surface area contributed by atoms with Gasteiger partial charge in [0.2, 0.25) is 0 Å². The summed E-state index contributed by atoms with van der Waals surface area (Å²) >= 11 is 0. The van der Waals surface area contributed by atoms with Crippen LogP contribution in [-0.2, 0) is 4.74 Å². The lowest BCUT2D eigenvalue weighted by atomic mass is 9.66. The van der Waals surface area contributed by atoms with Crippen molar-refractivity contribution in [3.63, 3.8) is 0 Å². The van der Waals surface area contributed by atoms with Crippen LogP contribution in [0.4, 0.5) is 52.7 Å². The summed E-state index contributed by atoms with van der Waals surface area (Å²) in [7, 11) is 0. The van der Waals surface area contributed by atoms with Crippen LogP contribution in [0.5, 0.6) is 0 Å². The van der Waals surface area contributed by atoms with Crippen molar-refractivity contribution < 1.29 is 62.5 Å². The highest BCUT2D eigenvalue weighted by Crippen LogP contribution is 2.73. The van der Waals surface area contributed by atoms with E-state index in [-0.39, 0.29) is 11.8 Å². The highest BCUT2D eigenvalue weighted by molar-refractivity contribution is 5.19. The van der Waals surface area contributed by atoms with Crippen LogP contribution in [0.25, 0.3) is 0 Å². The van der Waals surface area contributed by atoms with E-state index in [4.69, 9.17) is 4.74 Å².